The summed E-state index contributed by atoms with van der Waals surface area (Å²) in [4.78, 5) is 29.7. The normalized spacial score (nSPS) is 12.6. The van der Waals surface area contributed by atoms with Crippen molar-refractivity contribution >= 4 is 27.8 Å². The fourth-order valence-electron chi connectivity index (χ4n) is 5.33. The molecule has 3 aromatic carbocycles. The van der Waals surface area contributed by atoms with E-state index in [4.69, 9.17) is 9.72 Å². The fraction of sp³-hybridized carbons (Fsp3) is 0.167. The molecule has 1 N–H and O–H groups in total. The summed E-state index contributed by atoms with van der Waals surface area (Å²) in [7, 11) is 0. The van der Waals surface area contributed by atoms with E-state index in [9.17, 15) is 14.7 Å². The number of hydrogen-bond donors (Lipinski definition) is 1. The Morgan fingerprint density at radius 2 is 1.92 bits per heavy atom. The Kier molecular flexibility index (Phi) is 5.29. The zero-order valence-electron chi connectivity index (χ0n) is 19.8. The number of hydrogen-bond acceptors (Lipinski definition) is 4. The third-order valence-corrected chi connectivity index (χ3v) is 6.98. The van der Waals surface area contributed by atoms with Crippen LogP contribution in [-0.4, -0.2) is 27.2 Å². The molecule has 0 saturated carbocycles. The van der Waals surface area contributed by atoms with E-state index < -0.39 is 5.97 Å². The Morgan fingerprint density at radius 1 is 1.08 bits per heavy atom. The summed E-state index contributed by atoms with van der Waals surface area (Å²) in [6.07, 6.45) is 2.47. The first-order valence-corrected chi connectivity index (χ1v) is 12.0. The Labute approximate surface area is 207 Å². The summed E-state index contributed by atoms with van der Waals surface area (Å²) in [6.45, 7) is 2.95. The first-order chi connectivity index (χ1) is 17.5. The number of nitrogens with zero attached hydrogens (tertiary/aromatic N) is 2. The number of pyridine rings is 2. The molecule has 6 heteroatoms. The molecule has 6 rings (SSSR count). The van der Waals surface area contributed by atoms with Crippen LogP contribution in [0.4, 0.5) is 0 Å². The van der Waals surface area contributed by atoms with Crippen molar-refractivity contribution in [3.8, 4) is 16.9 Å². The van der Waals surface area contributed by atoms with Crippen molar-refractivity contribution in [1.29, 1.82) is 0 Å². The summed E-state index contributed by atoms with van der Waals surface area (Å²) in [5, 5.41) is 11.6. The zero-order valence-corrected chi connectivity index (χ0v) is 19.8. The molecule has 0 unspecified atom stereocenters. The molecular weight excluding hydrogens is 452 g/mol. The summed E-state index contributed by atoms with van der Waals surface area (Å²) >= 11 is 0. The highest BCUT2D eigenvalue weighted by Gasteiger charge is 2.23. The number of benzene rings is 3. The maximum absolute atomic E-state index is 13.0. The smallest absolute Gasteiger partial charge is 0.307 e. The quantitative estimate of drug-likeness (QED) is 0.380. The van der Waals surface area contributed by atoms with Crippen LogP contribution in [0.3, 0.4) is 0 Å². The summed E-state index contributed by atoms with van der Waals surface area (Å²) in [6, 6.07) is 21.1. The van der Waals surface area contributed by atoms with Crippen LogP contribution < -0.4 is 10.3 Å². The fourth-order valence-corrected chi connectivity index (χ4v) is 5.33. The van der Waals surface area contributed by atoms with E-state index in [1.165, 1.54) is 5.56 Å². The standard InChI is InChI=1S/C30H24N2O4/c1-18-15-24-21(8-10-26(33)32(24)17-19-5-3-2-4-6-19)29(23(18)16-27(34)35)22-7-9-25-28-20(12-14-36-25)11-13-31-30(22)28/h2-11,13,15H,12,14,16-17H2,1H3,(H,34,35). The lowest BCUT2D eigenvalue weighted by molar-refractivity contribution is -0.136. The Bertz CT molecular complexity index is 1710. The summed E-state index contributed by atoms with van der Waals surface area (Å²) < 4.78 is 7.67. The third kappa shape index (κ3) is 3.62. The molecule has 1 aliphatic rings. The monoisotopic (exact) mass is 476 g/mol. The molecule has 0 radical (unpaired) electrons. The molecule has 3 heterocycles. The van der Waals surface area contributed by atoms with Gasteiger partial charge < -0.3 is 14.4 Å². The maximum Gasteiger partial charge on any atom is 0.307 e. The van der Waals surface area contributed by atoms with Gasteiger partial charge in [0, 0.05) is 35.0 Å². The minimum absolute atomic E-state index is 0.105. The van der Waals surface area contributed by atoms with Gasteiger partial charge in [-0.25, -0.2) is 0 Å². The molecule has 0 spiro atoms. The molecule has 0 saturated heterocycles. The van der Waals surface area contributed by atoms with Gasteiger partial charge in [0.1, 0.15) is 5.75 Å². The van der Waals surface area contributed by atoms with Crippen molar-refractivity contribution in [2.45, 2.75) is 26.3 Å². The van der Waals surface area contributed by atoms with E-state index in [0.29, 0.717) is 13.2 Å². The van der Waals surface area contributed by atoms with E-state index in [-0.39, 0.29) is 12.0 Å². The molecule has 2 aromatic heterocycles. The van der Waals surface area contributed by atoms with Crippen LogP contribution in [0.25, 0.3) is 32.9 Å². The molecule has 6 nitrogen and oxygen atoms in total. The summed E-state index contributed by atoms with van der Waals surface area (Å²) in [5.74, 6) is -0.115. The molecule has 178 valence electrons. The lowest BCUT2D eigenvalue weighted by Gasteiger charge is -2.22. The van der Waals surface area contributed by atoms with Gasteiger partial charge in [-0.15, -0.1) is 0 Å². The number of rotatable bonds is 5. The van der Waals surface area contributed by atoms with E-state index in [0.717, 1.165) is 61.8 Å². The maximum atomic E-state index is 13.0. The second-order valence-electron chi connectivity index (χ2n) is 9.20. The Morgan fingerprint density at radius 3 is 2.72 bits per heavy atom. The molecular formula is C30H24N2O4. The molecule has 1 aliphatic heterocycles. The molecule has 0 amide bonds. The molecule has 0 bridgehead atoms. The second-order valence-corrected chi connectivity index (χ2v) is 9.20. The van der Waals surface area contributed by atoms with Crippen LogP contribution in [0.15, 0.2) is 77.7 Å². The van der Waals surface area contributed by atoms with Gasteiger partial charge >= 0.3 is 5.97 Å². The third-order valence-electron chi connectivity index (χ3n) is 6.98. The van der Waals surface area contributed by atoms with Gasteiger partial charge in [0.05, 0.1) is 30.6 Å². The number of carboxylic acids is 1. The lowest BCUT2D eigenvalue weighted by atomic mass is 9.87. The zero-order chi connectivity index (χ0) is 24.8. The van der Waals surface area contributed by atoms with Gasteiger partial charge in [0.15, 0.2) is 0 Å². The van der Waals surface area contributed by atoms with Crippen LogP contribution in [0.1, 0.15) is 22.3 Å². The van der Waals surface area contributed by atoms with Crippen LogP contribution in [-0.2, 0) is 24.2 Å². The van der Waals surface area contributed by atoms with Gasteiger partial charge in [-0.2, -0.15) is 0 Å². The largest absolute Gasteiger partial charge is 0.493 e. The number of aryl methyl sites for hydroxylation is 1. The van der Waals surface area contributed by atoms with Crippen LogP contribution in [0.2, 0.25) is 0 Å². The highest BCUT2D eigenvalue weighted by atomic mass is 16.5. The molecule has 5 aromatic rings. The SMILES string of the molecule is Cc1cc2c(ccc(=O)n2Cc2ccccc2)c(-c2ccc3c4c(ccnc24)CCO3)c1CC(=O)O. The van der Waals surface area contributed by atoms with E-state index in [1.807, 2.05) is 67.6 Å². The highest BCUT2D eigenvalue weighted by Crippen LogP contribution is 2.42. The Balaban J connectivity index is 1.70. The highest BCUT2D eigenvalue weighted by molar-refractivity contribution is 6.08. The lowest BCUT2D eigenvalue weighted by Crippen LogP contribution is -2.20. The van der Waals surface area contributed by atoms with Gasteiger partial charge in [-0.05, 0) is 65.1 Å². The van der Waals surface area contributed by atoms with Crippen molar-refractivity contribution in [2.24, 2.45) is 0 Å². The van der Waals surface area contributed by atoms with E-state index in [2.05, 4.69) is 0 Å². The number of carboxylic acid groups (broad SMARTS) is 1. The Hall–Kier alpha value is -4.45. The van der Waals surface area contributed by atoms with Gasteiger partial charge in [0.25, 0.3) is 5.56 Å². The summed E-state index contributed by atoms with van der Waals surface area (Å²) in [5.41, 5.74) is 6.82. The van der Waals surface area contributed by atoms with Crippen molar-refractivity contribution in [3.05, 3.63) is 106 Å². The first-order valence-electron chi connectivity index (χ1n) is 12.0. The van der Waals surface area contributed by atoms with Crippen molar-refractivity contribution in [2.75, 3.05) is 6.61 Å². The van der Waals surface area contributed by atoms with Gasteiger partial charge in [-0.3, -0.25) is 14.6 Å². The predicted molar refractivity (Wildman–Crippen MR) is 140 cm³/mol. The molecule has 0 atom stereocenters. The van der Waals surface area contributed by atoms with Crippen LogP contribution in [0.5, 0.6) is 5.75 Å². The number of aromatic nitrogens is 2. The van der Waals surface area contributed by atoms with Gasteiger partial charge in [-0.1, -0.05) is 30.3 Å². The van der Waals surface area contributed by atoms with Crippen molar-refractivity contribution in [1.82, 2.24) is 9.55 Å². The number of fused-ring (bicyclic) bond motifs is 1. The number of carbonyl (C=O) groups is 1. The van der Waals surface area contributed by atoms with Crippen molar-refractivity contribution in [3.63, 3.8) is 0 Å². The average Bonchev–Trinajstić information content (AvgIpc) is 2.88. The van der Waals surface area contributed by atoms with Gasteiger partial charge in [0.2, 0.25) is 0 Å². The predicted octanol–water partition coefficient (Wildman–Crippen LogP) is 5.14. The van der Waals surface area contributed by atoms with Crippen LogP contribution in [0, 0.1) is 6.92 Å². The molecule has 0 aliphatic carbocycles. The first kappa shape index (κ1) is 22.0. The van der Waals surface area contributed by atoms with E-state index >= 15 is 0 Å². The van der Waals surface area contributed by atoms with E-state index in [1.54, 1.807) is 16.8 Å². The van der Waals surface area contributed by atoms with Crippen LogP contribution >= 0.6 is 0 Å². The number of ether oxygens (including phenoxy) is 1. The van der Waals surface area contributed by atoms with Crippen molar-refractivity contribution < 1.29 is 14.6 Å². The average molecular weight is 477 g/mol. The topological polar surface area (TPSA) is 81.4 Å². The molecule has 36 heavy (non-hydrogen) atoms. The number of aliphatic carboxylic acids is 1. The minimum Gasteiger partial charge on any atom is -0.493 e. The second kappa shape index (κ2) is 8.64. The minimum atomic E-state index is -0.907. The molecule has 0 fully saturated rings.